The molecule has 4 aromatic carbocycles. The van der Waals surface area contributed by atoms with Gasteiger partial charge in [0.1, 0.15) is 11.5 Å². The Morgan fingerprint density at radius 2 is 1.61 bits per heavy atom. The van der Waals surface area contributed by atoms with Crippen LogP contribution in [0.4, 0.5) is 5.69 Å². The first-order valence-electron chi connectivity index (χ1n) is 10.4. The topological polar surface area (TPSA) is 81.7 Å². The molecule has 0 fully saturated rings. The molecule has 4 rings (SSSR count). The molecule has 168 valence electrons. The number of aryl methyl sites for hydroxylation is 1. The van der Waals surface area contributed by atoms with Crippen LogP contribution in [0.25, 0.3) is 10.8 Å². The molecular weight excluding hydrogens is 438 g/mol. The molecule has 0 amide bonds. The van der Waals surface area contributed by atoms with E-state index in [-0.39, 0.29) is 17.0 Å². The highest BCUT2D eigenvalue weighted by atomic mass is 32.2. The van der Waals surface area contributed by atoms with E-state index in [1.807, 2.05) is 72.8 Å². The van der Waals surface area contributed by atoms with Crippen molar-refractivity contribution < 1.29 is 22.7 Å². The summed E-state index contributed by atoms with van der Waals surface area (Å²) in [5.41, 5.74) is 1.11. The molecule has 0 heterocycles. The highest BCUT2D eigenvalue weighted by molar-refractivity contribution is 7.92. The fourth-order valence-corrected chi connectivity index (χ4v) is 4.60. The van der Waals surface area contributed by atoms with Crippen molar-refractivity contribution in [3.05, 3.63) is 102 Å². The van der Waals surface area contributed by atoms with Gasteiger partial charge in [0.05, 0.1) is 24.1 Å². The van der Waals surface area contributed by atoms with Gasteiger partial charge >= 0.3 is 5.97 Å². The van der Waals surface area contributed by atoms with Gasteiger partial charge in [-0.25, -0.2) is 13.2 Å². The third kappa shape index (κ3) is 5.51. The fraction of sp³-hybridized carbons (Fsp3) is 0.115. The predicted molar refractivity (Wildman–Crippen MR) is 129 cm³/mol. The summed E-state index contributed by atoms with van der Waals surface area (Å²) in [6.07, 6.45) is 0.343. The number of hydrogen-bond donors (Lipinski definition) is 1. The monoisotopic (exact) mass is 461 g/mol. The van der Waals surface area contributed by atoms with Crippen LogP contribution in [0.15, 0.2) is 91.0 Å². The Labute approximate surface area is 192 Å². The lowest BCUT2D eigenvalue weighted by Gasteiger charge is -2.14. The molecule has 4 aromatic rings. The summed E-state index contributed by atoms with van der Waals surface area (Å²) in [5, 5.41) is 1.94. The van der Waals surface area contributed by atoms with Crippen LogP contribution in [0, 0.1) is 0 Å². The first kappa shape index (κ1) is 22.4. The smallest absolute Gasteiger partial charge is 0.339 e. The van der Waals surface area contributed by atoms with Gasteiger partial charge in [0, 0.05) is 11.5 Å². The van der Waals surface area contributed by atoms with Crippen molar-refractivity contribution >= 4 is 32.5 Å². The molecule has 0 spiro atoms. The number of fused-ring (bicyclic) bond motifs is 1. The molecule has 0 atom stereocenters. The van der Waals surface area contributed by atoms with E-state index in [4.69, 9.17) is 9.47 Å². The lowest BCUT2D eigenvalue weighted by Crippen LogP contribution is -2.20. The van der Waals surface area contributed by atoms with Gasteiger partial charge in [-0.15, -0.1) is 0 Å². The van der Waals surface area contributed by atoms with E-state index in [2.05, 4.69) is 4.72 Å². The minimum absolute atomic E-state index is 0.103. The Balaban J connectivity index is 1.61. The number of anilines is 1. The average Bonchev–Trinajstić information content (AvgIpc) is 2.83. The van der Waals surface area contributed by atoms with Gasteiger partial charge in [-0.1, -0.05) is 66.7 Å². The quantitative estimate of drug-likeness (QED) is 0.355. The SMILES string of the molecule is COC(=O)c1ccc(Oc2cccc3ccccc23)cc1NS(=O)(=O)CCc1ccccc1. The second-order valence-corrected chi connectivity index (χ2v) is 9.28. The summed E-state index contributed by atoms with van der Waals surface area (Å²) in [5.74, 6) is 0.232. The largest absolute Gasteiger partial charge is 0.465 e. The number of esters is 1. The molecule has 0 bridgehead atoms. The van der Waals surface area contributed by atoms with E-state index >= 15 is 0 Å². The number of hydrogen-bond acceptors (Lipinski definition) is 5. The maximum Gasteiger partial charge on any atom is 0.339 e. The van der Waals surface area contributed by atoms with Crippen LogP contribution in [-0.4, -0.2) is 27.2 Å². The maximum atomic E-state index is 12.8. The number of methoxy groups -OCH3 is 1. The van der Waals surface area contributed by atoms with Gasteiger partial charge in [-0.3, -0.25) is 4.72 Å². The van der Waals surface area contributed by atoms with Crippen LogP contribution in [-0.2, 0) is 21.2 Å². The molecule has 0 radical (unpaired) electrons. The van der Waals surface area contributed by atoms with Crippen LogP contribution in [0.2, 0.25) is 0 Å². The van der Waals surface area contributed by atoms with Gasteiger partial charge in [-0.2, -0.15) is 0 Å². The van der Waals surface area contributed by atoms with Crippen LogP contribution >= 0.6 is 0 Å². The standard InChI is InChI=1S/C26H23NO5S/c1-31-26(28)23-15-14-21(32-25-13-7-11-20-10-5-6-12-22(20)25)18-24(23)27-33(29,30)17-16-19-8-3-2-4-9-19/h2-15,18,27H,16-17H2,1H3. The molecule has 7 heteroatoms. The zero-order chi connectivity index (χ0) is 23.3. The number of nitrogens with one attached hydrogen (secondary N) is 1. The number of carbonyl (C=O) groups is 1. The van der Waals surface area contributed by atoms with E-state index in [1.165, 1.54) is 19.2 Å². The molecule has 0 aliphatic rings. The molecule has 1 N–H and O–H groups in total. The summed E-state index contributed by atoms with van der Waals surface area (Å²) >= 11 is 0. The van der Waals surface area contributed by atoms with Crippen LogP contribution in [0.5, 0.6) is 11.5 Å². The van der Waals surface area contributed by atoms with Crippen molar-refractivity contribution in [1.82, 2.24) is 0 Å². The van der Waals surface area contributed by atoms with Crippen molar-refractivity contribution in [1.29, 1.82) is 0 Å². The van der Waals surface area contributed by atoms with E-state index in [0.29, 0.717) is 17.9 Å². The van der Waals surface area contributed by atoms with E-state index < -0.39 is 16.0 Å². The number of benzene rings is 4. The molecule has 0 unspecified atom stereocenters. The molecule has 6 nitrogen and oxygen atoms in total. The van der Waals surface area contributed by atoms with Gasteiger partial charge < -0.3 is 9.47 Å². The molecule has 0 saturated carbocycles. The van der Waals surface area contributed by atoms with Crippen molar-refractivity contribution in [3.63, 3.8) is 0 Å². The van der Waals surface area contributed by atoms with Crippen molar-refractivity contribution in [3.8, 4) is 11.5 Å². The first-order chi connectivity index (χ1) is 15.9. The lowest BCUT2D eigenvalue weighted by atomic mass is 10.1. The Kier molecular flexibility index (Phi) is 6.60. The molecule has 0 saturated heterocycles. The predicted octanol–water partition coefficient (Wildman–Crippen LogP) is 5.40. The van der Waals surface area contributed by atoms with Crippen molar-refractivity contribution in [2.24, 2.45) is 0 Å². The second-order valence-electron chi connectivity index (χ2n) is 7.43. The zero-order valence-corrected chi connectivity index (χ0v) is 18.8. The second kappa shape index (κ2) is 9.75. The maximum absolute atomic E-state index is 12.8. The number of carbonyl (C=O) groups excluding carboxylic acids is 1. The highest BCUT2D eigenvalue weighted by Crippen LogP contribution is 2.32. The van der Waals surface area contributed by atoms with Gasteiger partial charge in [0.25, 0.3) is 0 Å². The van der Waals surface area contributed by atoms with Crippen LogP contribution in [0.3, 0.4) is 0 Å². The minimum atomic E-state index is -3.73. The Morgan fingerprint density at radius 3 is 2.39 bits per heavy atom. The third-order valence-corrected chi connectivity index (χ3v) is 6.41. The van der Waals surface area contributed by atoms with Crippen LogP contribution in [0.1, 0.15) is 15.9 Å². The third-order valence-electron chi connectivity index (χ3n) is 5.14. The first-order valence-corrected chi connectivity index (χ1v) is 12.0. The number of sulfonamides is 1. The van der Waals surface area contributed by atoms with Gasteiger partial charge in [0.15, 0.2) is 0 Å². The summed E-state index contributed by atoms with van der Waals surface area (Å²) < 4.78 is 39.0. The molecule has 0 aromatic heterocycles. The number of rotatable bonds is 8. The van der Waals surface area contributed by atoms with Crippen molar-refractivity contribution in [2.75, 3.05) is 17.6 Å². The van der Waals surface area contributed by atoms with E-state index in [1.54, 1.807) is 6.07 Å². The molecule has 0 aliphatic carbocycles. The Bertz CT molecular complexity index is 1380. The summed E-state index contributed by atoms with van der Waals surface area (Å²) in [6.45, 7) is 0. The normalized spacial score (nSPS) is 11.2. The van der Waals surface area contributed by atoms with E-state index in [9.17, 15) is 13.2 Å². The van der Waals surface area contributed by atoms with Crippen LogP contribution < -0.4 is 9.46 Å². The summed E-state index contributed by atoms with van der Waals surface area (Å²) in [6, 6.07) is 27.4. The molecule has 33 heavy (non-hydrogen) atoms. The van der Waals surface area contributed by atoms with Gasteiger partial charge in [0.2, 0.25) is 10.0 Å². The van der Waals surface area contributed by atoms with Crippen molar-refractivity contribution in [2.45, 2.75) is 6.42 Å². The summed E-state index contributed by atoms with van der Waals surface area (Å²) in [7, 11) is -2.49. The number of ether oxygens (including phenoxy) is 2. The zero-order valence-electron chi connectivity index (χ0n) is 18.0. The van der Waals surface area contributed by atoms with E-state index in [0.717, 1.165) is 16.3 Å². The fourth-order valence-electron chi connectivity index (χ4n) is 3.49. The summed E-state index contributed by atoms with van der Waals surface area (Å²) in [4.78, 5) is 12.2. The van der Waals surface area contributed by atoms with Gasteiger partial charge in [-0.05, 0) is 35.6 Å². The average molecular weight is 462 g/mol. The highest BCUT2D eigenvalue weighted by Gasteiger charge is 2.19. The Morgan fingerprint density at radius 1 is 0.879 bits per heavy atom. The molecule has 0 aliphatic heterocycles. The lowest BCUT2D eigenvalue weighted by molar-refractivity contribution is 0.0602. The Hall–Kier alpha value is -3.84. The molecular formula is C26H23NO5S. The minimum Gasteiger partial charge on any atom is -0.465 e.